The van der Waals surface area contributed by atoms with E-state index in [1.807, 2.05) is 66.5 Å². The molecular formula is C16H15ClN4. The van der Waals surface area contributed by atoms with Gasteiger partial charge in [0.15, 0.2) is 6.17 Å². The first-order valence-electron chi connectivity index (χ1n) is 6.79. The maximum Gasteiger partial charge on any atom is 0.200 e. The van der Waals surface area contributed by atoms with Gasteiger partial charge in [-0.2, -0.15) is 10.2 Å². The zero-order valence-corrected chi connectivity index (χ0v) is 12.4. The molecule has 0 saturated heterocycles. The number of azo groups is 1. The molecular weight excluding hydrogens is 284 g/mol. The summed E-state index contributed by atoms with van der Waals surface area (Å²) in [5, 5.41) is 15.7. The Labute approximate surface area is 128 Å². The molecule has 4 nitrogen and oxygen atoms in total. The van der Waals surface area contributed by atoms with Gasteiger partial charge in [0.05, 0.1) is 6.54 Å². The molecule has 1 atom stereocenters. The van der Waals surface area contributed by atoms with E-state index in [1.54, 1.807) is 0 Å². The molecule has 0 bridgehead atoms. The van der Waals surface area contributed by atoms with Gasteiger partial charge < -0.3 is 0 Å². The van der Waals surface area contributed by atoms with E-state index in [0.29, 0.717) is 12.4 Å². The summed E-state index contributed by atoms with van der Waals surface area (Å²) in [5.74, 6) is 0.626. The summed E-state index contributed by atoms with van der Waals surface area (Å²) >= 11 is 6.22. The first-order chi connectivity index (χ1) is 10.2. The van der Waals surface area contributed by atoms with E-state index in [0.717, 1.165) is 16.1 Å². The van der Waals surface area contributed by atoms with Crippen LogP contribution in [0.1, 0.15) is 18.1 Å². The average Bonchev–Trinajstić information content (AvgIpc) is 2.52. The van der Waals surface area contributed by atoms with Crippen molar-refractivity contribution in [2.24, 2.45) is 15.3 Å². The third-order valence-electron chi connectivity index (χ3n) is 3.30. The van der Waals surface area contributed by atoms with E-state index in [1.165, 1.54) is 0 Å². The fraction of sp³-hybridized carbons (Fsp3) is 0.188. The molecule has 0 N–H and O–H groups in total. The minimum Gasteiger partial charge on any atom is -0.264 e. The molecule has 2 aromatic carbocycles. The van der Waals surface area contributed by atoms with Gasteiger partial charge in [-0.05, 0) is 18.6 Å². The molecule has 1 unspecified atom stereocenters. The Morgan fingerprint density at radius 1 is 1.05 bits per heavy atom. The Hall–Kier alpha value is -2.20. The lowest BCUT2D eigenvalue weighted by molar-refractivity contribution is 0.202. The van der Waals surface area contributed by atoms with E-state index in [9.17, 15) is 0 Å². The normalized spacial score (nSPS) is 17.7. The van der Waals surface area contributed by atoms with Crippen LogP contribution in [-0.4, -0.2) is 17.0 Å². The van der Waals surface area contributed by atoms with Crippen LogP contribution in [0.25, 0.3) is 0 Å². The van der Waals surface area contributed by atoms with Crippen LogP contribution in [0.4, 0.5) is 0 Å². The maximum atomic E-state index is 6.22. The number of rotatable bonds is 3. The Morgan fingerprint density at radius 2 is 1.76 bits per heavy atom. The second-order valence-electron chi connectivity index (χ2n) is 4.83. The van der Waals surface area contributed by atoms with Crippen LogP contribution >= 0.6 is 11.6 Å². The smallest absolute Gasteiger partial charge is 0.200 e. The van der Waals surface area contributed by atoms with E-state index in [2.05, 4.69) is 15.3 Å². The number of hydrogen-bond acceptors (Lipinski definition) is 4. The molecule has 1 aliphatic rings. The van der Waals surface area contributed by atoms with Crippen molar-refractivity contribution in [1.82, 2.24) is 5.01 Å². The number of halogens is 1. The van der Waals surface area contributed by atoms with Gasteiger partial charge in [0.25, 0.3) is 0 Å². The zero-order chi connectivity index (χ0) is 14.7. The largest absolute Gasteiger partial charge is 0.264 e. The van der Waals surface area contributed by atoms with Gasteiger partial charge in [0, 0.05) is 10.6 Å². The molecule has 0 radical (unpaired) electrons. The highest BCUT2D eigenvalue weighted by molar-refractivity contribution is 6.31. The first kappa shape index (κ1) is 13.8. The summed E-state index contributed by atoms with van der Waals surface area (Å²) in [4.78, 5) is 0. The van der Waals surface area contributed by atoms with Gasteiger partial charge in [-0.15, -0.1) is 5.11 Å². The number of amidine groups is 1. The molecule has 0 aromatic heterocycles. The Balaban J connectivity index is 1.86. The highest BCUT2D eigenvalue weighted by atomic mass is 35.5. The molecule has 0 fully saturated rings. The van der Waals surface area contributed by atoms with Crippen molar-refractivity contribution in [1.29, 1.82) is 0 Å². The lowest BCUT2D eigenvalue weighted by Crippen LogP contribution is -2.30. The van der Waals surface area contributed by atoms with Crippen LogP contribution in [0.3, 0.4) is 0 Å². The second kappa shape index (κ2) is 6.06. The minimum absolute atomic E-state index is 0.103. The van der Waals surface area contributed by atoms with Gasteiger partial charge in [0.2, 0.25) is 5.84 Å². The fourth-order valence-electron chi connectivity index (χ4n) is 2.09. The molecule has 106 valence electrons. The number of benzene rings is 2. The Bertz CT molecular complexity index is 682. The summed E-state index contributed by atoms with van der Waals surface area (Å²) in [5.41, 5.74) is 1.98. The molecule has 1 heterocycles. The standard InChI is InChI=1S/C16H15ClN4/c1-12-18-19-16(13-7-3-2-4-8-13)20-21(12)11-14-9-5-6-10-15(14)17/h2-10,12H,11H2,1H3. The molecule has 0 amide bonds. The predicted octanol–water partition coefficient (Wildman–Crippen LogP) is 4.32. The molecule has 5 heteroatoms. The Morgan fingerprint density at radius 3 is 2.52 bits per heavy atom. The molecule has 1 aliphatic heterocycles. The highest BCUT2D eigenvalue weighted by Gasteiger charge is 2.19. The molecule has 0 saturated carbocycles. The quantitative estimate of drug-likeness (QED) is 0.832. The number of hydrogen-bond donors (Lipinski definition) is 0. The van der Waals surface area contributed by atoms with Crippen LogP contribution in [0.5, 0.6) is 0 Å². The topological polar surface area (TPSA) is 40.3 Å². The van der Waals surface area contributed by atoms with Crippen molar-refractivity contribution >= 4 is 17.4 Å². The van der Waals surface area contributed by atoms with Crippen LogP contribution in [0.2, 0.25) is 5.02 Å². The Kier molecular flexibility index (Phi) is 3.97. The first-order valence-corrected chi connectivity index (χ1v) is 7.17. The number of nitrogens with zero attached hydrogens (tertiary/aromatic N) is 4. The number of hydrazone groups is 1. The lowest BCUT2D eigenvalue weighted by Gasteiger charge is -2.26. The van der Waals surface area contributed by atoms with Gasteiger partial charge in [-0.25, -0.2) is 0 Å². The van der Waals surface area contributed by atoms with Crippen molar-refractivity contribution in [3.05, 3.63) is 70.7 Å². The SMILES string of the molecule is CC1N=NC(c2ccccc2)=NN1Cc1ccccc1Cl. The summed E-state index contributed by atoms with van der Waals surface area (Å²) in [6.07, 6.45) is -0.103. The third-order valence-corrected chi connectivity index (χ3v) is 3.66. The van der Waals surface area contributed by atoms with E-state index >= 15 is 0 Å². The highest BCUT2D eigenvalue weighted by Crippen LogP contribution is 2.21. The fourth-order valence-corrected chi connectivity index (χ4v) is 2.29. The van der Waals surface area contributed by atoms with Crippen LogP contribution < -0.4 is 0 Å². The zero-order valence-electron chi connectivity index (χ0n) is 11.6. The molecule has 21 heavy (non-hydrogen) atoms. The van der Waals surface area contributed by atoms with Crippen LogP contribution in [0.15, 0.2) is 69.9 Å². The predicted molar refractivity (Wildman–Crippen MR) is 84.3 cm³/mol. The van der Waals surface area contributed by atoms with Gasteiger partial charge in [0.1, 0.15) is 0 Å². The molecule has 3 rings (SSSR count). The van der Waals surface area contributed by atoms with Gasteiger partial charge in [-0.3, -0.25) is 5.01 Å². The maximum absolute atomic E-state index is 6.22. The van der Waals surface area contributed by atoms with Crippen molar-refractivity contribution < 1.29 is 0 Å². The molecule has 2 aromatic rings. The van der Waals surface area contributed by atoms with Crippen molar-refractivity contribution in [3.8, 4) is 0 Å². The third kappa shape index (κ3) is 3.11. The van der Waals surface area contributed by atoms with E-state index in [4.69, 9.17) is 11.6 Å². The summed E-state index contributed by atoms with van der Waals surface area (Å²) in [6.45, 7) is 2.57. The lowest BCUT2D eigenvalue weighted by atomic mass is 10.2. The summed E-state index contributed by atoms with van der Waals surface area (Å²) < 4.78 is 0. The summed E-state index contributed by atoms with van der Waals surface area (Å²) in [6, 6.07) is 17.6. The van der Waals surface area contributed by atoms with Crippen LogP contribution in [-0.2, 0) is 6.54 Å². The molecule has 0 aliphatic carbocycles. The monoisotopic (exact) mass is 298 g/mol. The van der Waals surface area contributed by atoms with Crippen molar-refractivity contribution in [2.75, 3.05) is 0 Å². The van der Waals surface area contributed by atoms with Crippen LogP contribution in [0, 0.1) is 0 Å². The van der Waals surface area contributed by atoms with E-state index < -0.39 is 0 Å². The average molecular weight is 299 g/mol. The van der Waals surface area contributed by atoms with Gasteiger partial charge in [-0.1, -0.05) is 60.1 Å². The van der Waals surface area contributed by atoms with Gasteiger partial charge >= 0.3 is 0 Å². The summed E-state index contributed by atoms with van der Waals surface area (Å²) in [7, 11) is 0. The van der Waals surface area contributed by atoms with E-state index in [-0.39, 0.29) is 6.17 Å². The second-order valence-corrected chi connectivity index (χ2v) is 5.23. The molecule has 0 spiro atoms. The van der Waals surface area contributed by atoms with Crippen molar-refractivity contribution in [2.45, 2.75) is 19.6 Å². The van der Waals surface area contributed by atoms with Crippen molar-refractivity contribution in [3.63, 3.8) is 0 Å². The minimum atomic E-state index is -0.103.